The number of hydrogen-bond acceptors (Lipinski definition) is 3. The fraction of sp³-hybridized carbons (Fsp3) is 1.00. The molecule has 0 aromatic heterocycles. The summed E-state index contributed by atoms with van der Waals surface area (Å²) in [5.41, 5.74) is 5.45. The Morgan fingerprint density at radius 3 is 2.57 bits per heavy atom. The van der Waals surface area contributed by atoms with Crippen molar-refractivity contribution < 1.29 is 0 Å². The van der Waals surface area contributed by atoms with E-state index in [-0.39, 0.29) is 0 Å². The van der Waals surface area contributed by atoms with Gasteiger partial charge in [-0.25, -0.2) is 0 Å². The average molecular weight is 199 g/mol. The lowest BCUT2D eigenvalue weighted by Gasteiger charge is -2.31. The summed E-state index contributed by atoms with van der Waals surface area (Å²) in [4.78, 5) is 2.53. The van der Waals surface area contributed by atoms with Crippen molar-refractivity contribution in [2.75, 3.05) is 32.7 Å². The summed E-state index contributed by atoms with van der Waals surface area (Å²) >= 11 is 0. The molecule has 1 fully saturated rings. The highest BCUT2D eigenvalue weighted by molar-refractivity contribution is 4.76. The summed E-state index contributed by atoms with van der Waals surface area (Å²) in [7, 11) is 0. The van der Waals surface area contributed by atoms with E-state index in [1.165, 1.54) is 38.9 Å². The number of unbranched alkanes of at least 4 members (excludes halogenated alkanes) is 1. The molecule has 1 saturated heterocycles. The first-order chi connectivity index (χ1) is 6.86. The number of piperidine rings is 1. The lowest BCUT2D eigenvalue weighted by Crippen LogP contribution is -2.42. The molecule has 1 heterocycles. The molecule has 0 atom stereocenters. The Morgan fingerprint density at radius 1 is 1.29 bits per heavy atom. The van der Waals surface area contributed by atoms with Crippen LogP contribution in [0.1, 0.15) is 32.6 Å². The second-order valence-electron chi connectivity index (χ2n) is 4.16. The zero-order valence-corrected chi connectivity index (χ0v) is 9.47. The summed E-state index contributed by atoms with van der Waals surface area (Å²) in [6, 6.07) is 0.760. The highest BCUT2D eigenvalue weighted by Gasteiger charge is 2.16. The van der Waals surface area contributed by atoms with Gasteiger partial charge < -0.3 is 16.0 Å². The van der Waals surface area contributed by atoms with E-state index in [4.69, 9.17) is 5.73 Å². The third-order valence-electron chi connectivity index (χ3n) is 3.10. The number of nitrogens with one attached hydrogen (secondary N) is 1. The Kier molecular flexibility index (Phi) is 6.15. The summed E-state index contributed by atoms with van der Waals surface area (Å²) < 4.78 is 0. The number of hydrogen-bond donors (Lipinski definition) is 2. The van der Waals surface area contributed by atoms with E-state index in [9.17, 15) is 0 Å². The van der Waals surface area contributed by atoms with Crippen molar-refractivity contribution in [3.8, 4) is 0 Å². The van der Waals surface area contributed by atoms with E-state index < -0.39 is 0 Å². The van der Waals surface area contributed by atoms with Crippen LogP contribution in [0.5, 0.6) is 0 Å². The van der Waals surface area contributed by atoms with Crippen LogP contribution in [0, 0.1) is 0 Å². The number of rotatable bonds is 6. The summed E-state index contributed by atoms with van der Waals surface area (Å²) in [6.07, 6.45) is 5.01. The van der Waals surface area contributed by atoms with Gasteiger partial charge >= 0.3 is 0 Å². The van der Waals surface area contributed by atoms with Crippen molar-refractivity contribution in [3.63, 3.8) is 0 Å². The normalized spacial score (nSPS) is 20.1. The maximum atomic E-state index is 5.45. The molecular formula is C11H25N3. The molecule has 0 amide bonds. The van der Waals surface area contributed by atoms with Crippen LogP contribution in [0.25, 0.3) is 0 Å². The number of likely N-dealkylation sites (tertiary alicyclic amines) is 1. The first kappa shape index (κ1) is 12.0. The largest absolute Gasteiger partial charge is 0.330 e. The maximum absolute atomic E-state index is 5.45. The lowest BCUT2D eigenvalue weighted by atomic mass is 10.1. The highest BCUT2D eigenvalue weighted by Crippen LogP contribution is 2.09. The van der Waals surface area contributed by atoms with Crippen molar-refractivity contribution in [2.24, 2.45) is 5.73 Å². The third-order valence-corrected chi connectivity index (χ3v) is 3.10. The second-order valence-corrected chi connectivity index (χ2v) is 4.16. The van der Waals surface area contributed by atoms with Gasteiger partial charge in [-0.3, -0.25) is 0 Å². The summed E-state index contributed by atoms with van der Waals surface area (Å²) in [5, 5.41) is 3.62. The van der Waals surface area contributed by atoms with Gasteiger partial charge in [0, 0.05) is 6.04 Å². The smallest absolute Gasteiger partial charge is 0.00914 e. The molecule has 3 heteroatoms. The molecule has 0 radical (unpaired) electrons. The molecule has 14 heavy (non-hydrogen) atoms. The first-order valence-electron chi connectivity index (χ1n) is 6.02. The van der Waals surface area contributed by atoms with E-state index in [0.29, 0.717) is 0 Å². The molecule has 0 saturated carbocycles. The van der Waals surface area contributed by atoms with Gasteiger partial charge in [-0.1, -0.05) is 6.92 Å². The van der Waals surface area contributed by atoms with Crippen LogP contribution in [0.3, 0.4) is 0 Å². The van der Waals surface area contributed by atoms with Crippen LogP contribution in [0.2, 0.25) is 0 Å². The van der Waals surface area contributed by atoms with Crippen molar-refractivity contribution in [2.45, 2.75) is 38.6 Å². The van der Waals surface area contributed by atoms with Crippen LogP contribution in [-0.2, 0) is 0 Å². The van der Waals surface area contributed by atoms with Gasteiger partial charge in [0.1, 0.15) is 0 Å². The Balaban J connectivity index is 1.98. The molecule has 0 aromatic rings. The molecule has 1 aliphatic heterocycles. The third kappa shape index (κ3) is 4.40. The van der Waals surface area contributed by atoms with Crippen molar-refractivity contribution in [1.82, 2.24) is 10.2 Å². The van der Waals surface area contributed by atoms with E-state index in [1.807, 2.05) is 0 Å². The predicted molar refractivity (Wildman–Crippen MR) is 61.4 cm³/mol. The Morgan fingerprint density at radius 2 is 2.00 bits per heavy atom. The van der Waals surface area contributed by atoms with Crippen LogP contribution in [0.15, 0.2) is 0 Å². The molecule has 1 rings (SSSR count). The van der Waals surface area contributed by atoms with Gasteiger partial charge in [0.25, 0.3) is 0 Å². The monoisotopic (exact) mass is 199 g/mol. The minimum Gasteiger partial charge on any atom is -0.330 e. The quantitative estimate of drug-likeness (QED) is 0.622. The molecular weight excluding hydrogens is 174 g/mol. The molecule has 84 valence electrons. The van der Waals surface area contributed by atoms with Crippen molar-refractivity contribution >= 4 is 0 Å². The minimum atomic E-state index is 0.760. The second kappa shape index (κ2) is 7.21. The van der Waals surface area contributed by atoms with Gasteiger partial charge in [0.2, 0.25) is 0 Å². The summed E-state index contributed by atoms with van der Waals surface area (Å²) in [5.74, 6) is 0. The molecule has 0 spiro atoms. The lowest BCUT2D eigenvalue weighted by molar-refractivity contribution is 0.206. The standard InChI is InChI=1S/C11H25N3/c1-2-14-9-5-11(6-10-14)13-8-4-3-7-12/h11,13H,2-10,12H2,1H3. The molecule has 3 N–H and O–H groups in total. The first-order valence-corrected chi connectivity index (χ1v) is 6.02. The fourth-order valence-corrected chi connectivity index (χ4v) is 2.03. The van der Waals surface area contributed by atoms with Crippen LogP contribution >= 0.6 is 0 Å². The number of nitrogens with zero attached hydrogens (tertiary/aromatic N) is 1. The Bertz CT molecular complexity index is 130. The Hall–Kier alpha value is -0.120. The zero-order valence-electron chi connectivity index (χ0n) is 9.47. The molecule has 0 bridgehead atoms. The van der Waals surface area contributed by atoms with E-state index >= 15 is 0 Å². The topological polar surface area (TPSA) is 41.3 Å². The minimum absolute atomic E-state index is 0.760. The van der Waals surface area contributed by atoms with Gasteiger partial charge in [-0.15, -0.1) is 0 Å². The highest BCUT2D eigenvalue weighted by atomic mass is 15.1. The molecule has 3 nitrogen and oxygen atoms in total. The van der Waals surface area contributed by atoms with E-state index in [0.717, 1.165) is 25.6 Å². The molecule has 0 unspecified atom stereocenters. The van der Waals surface area contributed by atoms with E-state index in [1.54, 1.807) is 0 Å². The number of nitrogens with two attached hydrogens (primary N) is 1. The van der Waals surface area contributed by atoms with Crippen molar-refractivity contribution in [1.29, 1.82) is 0 Å². The van der Waals surface area contributed by atoms with Crippen molar-refractivity contribution in [3.05, 3.63) is 0 Å². The van der Waals surface area contributed by atoms with Crippen LogP contribution in [-0.4, -0.2) is 43.7 Å². The van der Waals surface area contributed by atoms with Gasteiger partial charge in [-0.05, 0) is 58.4 Å². The summed E-state index contributed by atoms with van der Waals surface area (Å²) in [6.45, 7) is 7.97. The van der Waals surface area contributed by atoms with Gasteiger partial charge in [0.15, 0.2) is 0 Å². The fourth-order valence-electron chi connectivity index (χ4n) is 2.03. The molecule has 1 aliphatic rings. The Labute approximate surface area is 88.0 Å². The van der Waals surface area contributed by atoms with Gasteiger partial charge in [0.05, 0.1) is 0 Å². The van der Waals surface area contributed by atoms with E-state index in [2.05, 4.69) is 17.1 Å². The van der Waals surface area contributed by atoms with Gasteiger partial charge in [-0.2, -0.15) is 0 Å². The predicted octanol–water partition coefficient (Wildman–Crippen LogP) is 0.799. The molecule has 0 aliphatic carbocycles. The van der Waals surface area contributed by atoms with Crippen LogP contribution < -0.4 is 11.1 Å². The average Bonchev–Trinajstić information content (AvgIpc) is 2.25. The zero-order chi connectivity index (χ0) is 10.2. The maximum Gasteiger partial charge on any atom is 0.00914 e. The SMILES string of the molecule is CCN1CCC(NCCCCN)CC1. The molecule has 0 aromatic carbocycles. The van der Waals surface area contributed by atoms with Crippen LogP contribution in [0.4, 0.5) is 0 Å².